The maximum atomic E-state index is 13.1. The smallest absolute Gasteiger partial charge is 0.246 e. The highest BCUT2D eigenvalue weighted by Crippen LogP contribution is 2.33. The number of ether oxygens (including phenoxy) is 2. The van der Waals surface area contributed by atoms with Crippen LogP contribution in [0.3, 0.4) is 0 Å². The van der Waals surface area contributed by atoms with Crippen molar-refractivity contribution in [3.63, 3.8) is 0 Å². The van der Waals surface area contributed by atoms with Crippen LogP contribution in [0.5, 0.6) is 0 Å². The van der Waals surface area contributed by atoms with Crippen molar-refractivity contribution in [3.8, 4) is 0 Å². The highest BCUT2D eigenvalue weighted by atomic mass is 32.2. The lowest BCUT2D eigenvalue weighted by atomic mass is 10.1. The number of hydrogen-bond donors (Lipinski definition) is 0. The van der Waals surface area contributed by atoms with Gasteiger partial charge in [-0.15, -0.1) is 0 Å². The zero-order valence-electron chi connectivity index (χ0n) is 14.8. The molecule has 0 amide bonds. The highest BCUT2D eigenvalue weighted by Gasteiger charge is 2.43. The van der Waals surface area contributed by atoms with Gasteiger partial charge in [-0.3, -0.25) is 4.68 Å². The highest BCUT2D eigenvalue weighted by molar-refractivity contribution is 7.89. The molecule has 7 nitrogen and oxygen atoms in total. The maximum absolute atomic E-state index is 13.1. The first-order chi connectivity index (χ1) is 12.5. The zero-order valence-corrected chi connectivity index (χ0v) is 15.6. The molecule has 1 aromatic heterocycles. The minimum absolute atomic E-state index is 0.276. The molecule has 4 rings (SSSR count). The summed E-state index contributed by atoms with van der Waals surface area (Å²) in [5.41, 5.74) is 1.60. The summed E-state index contributed by atoms with van der Waals surface area (Å²) in [5.74, 6) is -0.585. The Morgan fingerprint density at radius 3 is 2.42 bits per heavy atom. The quantitative estimate of drug-likeness (QED) is 0.812. The molecule has 0 radical (unpaired) electrons. The van der Waals surface area contributed by atoms with Crippen LogP contribution in [0.1, 0.15) is 24.1 Å². The topological polar surface area (TPSA) is 73.7 Å². The van der Waals surface area contributed by atoms with Crippen LogP contribution in [-0.2, 0) is 26.0 Å². The van der Waals surface area contributed by atoms with E-state index in [4.69, 9.17) is 9.47 Å². The Morgan fingerprint density at radius 2 is 1.77 bits per heavy atom. The number of piperidine rings is 1. The number of aryl methyl sites for hydroxylation is 1. The third-order valence-corrected chi connectivity index (χ3v) is 7.01. The standard InChI is InChI=1S/C18H23N3O4S/c1-15-17(14-20(19-15)13-16-5-3-2-4-6-16)26(22,23)21-9-7-18(8-10-21)24-11-12-25-18/h2-6,14H,7-13H2,1H3. The van der Waals surface area contributed by atoms with Crippen LogP contribution in [0.15, 0.2) is 41.4 Å². The minimum Gasteiger partial charge on any atom is -0.347 e. The van der Waals surface area contributed by atoms with E-state index in [1.807, 2.05) is 30.3 Å². The van der Waals surface area contributed by atoms with Crippen LogP contribution >= 0.6 is 0 Å². The van der Waals surface area contributed by atoms with Gasteiger partial charge in [-0.25, -0.2) is 8.42 Å². The summed E-state index contributed by atoms with van der Waals surface area (Å²) in [5, 5.41) is 4.40. The average Bonchev–Trinajstić information content (AvgIpc) is 3.23. The number of aromatic nitrogens is 2. The lowest BCUT2D eigenvalue weighted by Gasteiger charge is -2.36. The van der Waals surface area contributed by atoms with E-state index in [2.05, 4.69) is 5.10 Å². The molecule has 2 saturated heterocycles. The van der Waals surface area contributed by atoms with Crippen LogP contribution in [0.2, 0.25) is 0 Å². The summed E-state index contributed by atoms with van der Waals surface area (Å²) >= 11 is 0. The number of sulfonamides is 1. The molecule has 0 aliphatic carbocycles. The Hall–Kier alpha value is -1.74. The molecule has 1 spiro atoms. The second-order valence-electron chi connectivity index (χ2n) is 6.77. The Bertz CT molecular complexity index is 863. The molecule has 3 heterocycles. The van der Waals surface area contributed by atoms with Gasteiger partial charge in [0.05, 0.1) is 25.5 Å². The monoisotopic (exact) mass is 377 g/mol. The molecule has 140 valence electrons. The summed E-state index contributed by atoms with van der Waals surface area (Å²) in [7, 11) is -3.57. The van der Waals surface area contributed by atoms with Gasteiger partial charge in [-0.1, -0.05) is 30.3 Å². The van der Waals surface area contributed by atoms with Crippen molar-refractivity contribution in [3.05, 3.63) is 47.8 Å². The third kappa shape index (κ3) is 3.29. The summed E-state index contributed by atoms with van der Waals surface area (Å²) in [6.07, 6.45) is 2.75. The Morgan fingerprint density at radius 1 is 1.12 bits per heavy atom. The Kier molecular flexibility index (Phi) is 4.60. The van der Waals surface area contributed by atoms with Gasteiger partial charge < -0.3 is 9.47 Å². The van der Waals surface area contributed by atoms with Crippen LogP contribution in [0, 0.1) is 6.92 Å². The second kappa shape index (κ2) is 6.77. The van der Waals surface area contributed by atoms with E-state index < -0.39 is 15.8 Å². The molecule has 0 saturated carbocycles. The maximum Gasteiger partial charge on any atom is 0.246 e. The zero-order chi connectivity index (χ0) is 18.2. The number of rotatable bonds is 4. The van der Waals surface area contributed by atoms with E-state index in [0.29, 0.717) is 51.4 Å². The molecular formula is C18H23N3O4S. The molecule has 0 unspecified atom stereocenters. The van der Waals surface area contributed by atoms with Gasteiger partial charge in [-0.2, -0.15) is 9.40 Å². The van der Waals surface area contributed by atoms with Gasteiger partial charge in [0.2, 0.25) is 10.0 Å². The minimum atomic E-state index is -3.57. The van der Waals surface area contributed by atoms with Crippen molar-refractivity contribution < 1.29 is 17.9 Å². The van der Waals surface area contributed by atoms with Gasteiger partial charge in [0.25, 0.3) is 0 Å². The SMILES string of the molecule is Cc1nn(Cc2ccccc2)cc1S(=O)(=O)N1CCC2(CC1)OCCO2. The van der Waals surface area contributed by atoms with Crippen LogP contribution in [0.25, 0.3) is 0 Å². The van der Waals surface area contributed by atoms with E-state index in [9.17, 15) is 8.42 Å². The summed E-state index contributed by atoms with van der Waals surface area (Å²) in [6.45, 7) is 4.23. The van der Waals surface area contributed by atoms with E-state index in [1.165, 1.54) is 4.31 Å². The van der Waals surface area contributed by atoms with Crippen LogP contribution < -0.4 is 0 Å². The van der Waals surface area contributed by atoms with E-state index in [-0.39, 0.29) is 4.90 Å². The molecule has 2 aliphatic rings. The molecule has 8 heteroatoms. The van der Waals surface area contributed by atoms with Crippen molar-refractivity contribution in [2.24, 2.45) is 0 Å². The van der Waals surface area contributed by atoms with Crippen molar-refractivity contribution in [1.29, 1.82) is 0 Å². The first-order valence-corrected chi connectivity index (χ1v) is 10.3. The first-order valence-electron chi connectivity index (χ1n) is 8.85. The third-order valence-electron chi connectivity index (χ3n) is 5.00. The average molecular weight is 377 g/mol. The molecule has 0 bridgehead atoms. The lowest BCUT2D eigenvalue weighted by molar-refractivity contribution is -0.179. The van der Waals surface area contributed by atoms with Crippen molar-refractivity contribution >= 4 is 10.0 Å². The van der Waals surface area contributed by atoms with Gasteiger partial charge in [0.1, 0.15) is 4.90 Å². The molecule has 26 heavy (non-hydrogen) atoms. The Labute approximate surface area is 153 Å². The number of nitrogens with zero attached hydrogens (tertiary/aromatic N) is 3. The molecule has 2 aliphatic heterocycles. The molecule has 1 aromatic carbocycles. The normalized spacial score (nSPS) is 20.7. The summed E-state index contributed by atoms with van der Waals surface area (Å²) < 4.78 is 40.7. The van der Waals surface area contributed by atoms with E-state index in [0.717, 1.165) is 5.56 Å². The molecule has 2 fully saturated rings. The van der Waals surface area contributed by atoms with Gasteiger partial charge in [-0.05, 0) is 12.5 Å². The second-order valence-corrected chi connectivity index (χ2v) is 8.68. The van der Waals surface area contributed by atoms with Gasteiger partial charge in [0.15, 0.2) is 5.79 Å². The largest absolute Gasteiger partial charge is 0.347 e. The van der Waals surface area contributed by atoms with Crippen molar-refractivity contribution in [2.75, 3.05) is 26.3 Å². The fourth-order valence-electron chi connectivity index (χ4n) is 3.60. The van der Waals surface area contributed by atoms with E-state index in [1.54, 1.807) is 17.8 Å². The molecule has 2 aromatic rings. The lowest BCUT2D eigenvalue weighted by Crippen LogP contribution is -2.47. The predicted molar refractivity (Wildman–Crippen MR) is 95.1 cm³/mol. The number of benzene rings is 1. The molecule has 0 N–H and O–H groups in total. The summed E-state index contributed by atoms with van der Waals surface area (Å²) in [6, 6.07) is 9.86. The molecule has 0 atom stereocenters. The number of hydrogen-bond acceptors (Lipinski definition) is 5. The fourth-order valence-corrected chi connectivity index (χ4v) is 5.21. The first kappa shape index (κ1) is 17.7. The van der Waals surface area contributed by atoms with Crippen LogP contribution in [-0.4, -0.2) is 54.6 Å². The van der Waals surface area contributed by atoms with Crippen molar-refractivity contribution in [2.45, 2.75) is 37.0 Å². The van der Waals surface area contributed by atoms with Gasteiger partial charge >= 0.3 is 0 Å². The summed E-state index contributed by atoms with van der Waals surface area (Å²) in [4.78, 5) is 0.276. The van der Waals surface area contributed by atoms with Crippen LogP contribution in [0.4, 0.5) is 0 Å². The van der Waals surface area contributed by atoms with Gasteiger partial charge in [0, 0.05) is 32.1 Å². The molecular weight excluding hydrogens is 354 g/mol. The predicted octanol–water partition coefficient (Wildman–Crippen LogP) is 1.77. The fraction of sp³-hybridized carbons (Fsp3) is 0.500. The Balaban J connectivity index is 1.51. The van der Waals surface area contributed by atoms with Crippen molar-refractivity contribution in [1.82, 2.24) is 14.1 Å². The van der Waals surface area contributed by atoms with E-state index >= 15 is 0 Å².